The number of hydrogen-bond donors (Lipinski definition) is 0. The molecule has 0 radical (unpaired) electrons. The van der Waals surface area contributed by atoms with Gasteiger partial charge in [-0.2, -0.15) is 0 Å². The molecule has 1 atom stereocenters. The summed E-state index contributed by atoms with van der Waals surface area (Å²) in [5, 5.41) is 0. The molecule has 0 aromatic rings. The smallest absolute Gasteiger partial charge is 0.0385 e. The Balaban J connectivity index is 3.14. The second-order valence-corrected chi connectivity index (χ2v) is 2.42. The maximum atomic E-state index is 5.33. The molecule has 0 bridgehead atoms. The van der Waals surface area contributed by atoms with Gasteiger partial charge in [-0.05, 0) is 36.9 Å². The minimum absolute atomic E-state index is 0.267. The van der Waals surface area contributed by atoms with Crippen LogP contribution in [0.4, 0.5) is 0 Å². The van der Waals surface area contributed by atoms with E-state index < -0.39 is 0 Å². The van der Waals surface area contributed by atoms with Gasteiger partial charge in [0.05, 0.1) is 0 Å². The highest BCUT2D eigenvalue weighted by molar-refractivity contribution is 6.33. The molecule has 0 spiro atoms. The fourth-order valence-electron chi connectivity index (χ4n) is 0.138. The van der Waals surface area contributed by atoms with Gasteiger partial charge in [0.25, 0.3) is 0 Å². The third kappa shape index (κ3) is 3.15. The van der Waals surface area contributed by atoms with Gasteiger partial charge in [-0.3, -0.25) is 0 Å². The summed E-state index contributed by atoms with van der Waals surface area (Å²) in [6.45, 7) is 3.99. The molecule has 0 aromatic carbocycles. The van der Waals surface area contributed by atoms with Gasteiger partial charge < -0.3 is 0 Å². The van der Waals surface area contributed by atoms with Crippen LogP contribution in [0.25, 0.3) is 0 Å². The van der Waals surface area contributed by atoms with E-state index in [9.17, 15) is 0 Å². The second kappa shape index (κ2) is 3.53. The van der Waals surface area contributed by atoms with Gasteiger partial charge in [-0.1, -0.05) is 6.92 Å². The van der Waals surface area contributed by atoms with Crippen LogP contribution in [0.5, 0.6) is 0 Å². The Morgan fingerprint density at radius 3 is 2.00 bits per heavy atom. The largest absolute Gasteiger partial charge is 0.129 e. The first-order valence-electron chi connectivity index (χ1n) is 2.29. The van der Waals surface area contributed by atoms with Gasteiger partial charge in [0, 0.05) is 6.04 Å². The van der Waals surface area contributed by atoms with Gasteiger partial charge in [0.1, 0.15) is 0 Å². The van der Waals surface area contributed by atoms with Gasteiger partial charge in [0.15, 0.2) is 0 Å². The molecule has 0 N–H and O–H groups in total. The first-order chi connectivity index (χ1) is 3.18. The van der Waals surface area contributed by atoms with Crippen molar-refractivity contribution in [2.45, 2.75) is 26.3 Å². The summed E-state index contributed by atoms with van der Waals surface area (Å²) in [6, 6.07) is 0.267. The fourth-order valence-corrected chi connectivity index (χ4v) is 0.414. The SMILES string of the molecule is CCC(C)N(Cl)Cl. The molecule has 0 saturated heterocycles. The quantitative estimate of drug-likeness (QED) is 0.535. The number of halogens is 2. The molecule has 0 amide bonds. The highest BCUT2D eigenvalue weighted by atomic mass is 35.5. The van der Waals surface area contributed by atoms with E-state index >= 15 is 0 Å². The van der Waals surface area contributed by atoms with Crippen LogP contribution >= 0.6 is 23.6 Å². The van der Waals surface area contributed by atoms with Crippen molar-refractivity contribution >= 4 is 23.6 Å². The van der Waals surface area contributed by atoms with Crippen molar-refractivity contribution in [1.29, 1.82) is 0 Å². The molecule has 0 aliphatic rings. The normalized spacial score (nSPS) is 15.0. The molecule has 0 aliphatic carbocycles. The third-order valence-electron chi connectivity index (χ3n) is 0.924. The lowest BCUT2D eigenvalue weighted by molar-refractivity contribution is 0.511. The minimum atomic E-state index is 0.267. The van der Waals surface area contributed by atoms with E-state index in [-0.39, 0.29) is 6.04 Å². The molecule has 7 heavy (non-hydrogen) atoms. The second-order valence-electron chi connectivity index (χ2n) is 1.52. The minimum Gasteiger partial charge on any atom is -0.129 e. The average molecular weight is 142 g/mol. The summed E-state index contributed by atoms with van der Waals surface area (Å²) >= 11 is 10.7. The van der Waals surface area contributed by atoms with Crippen LogP contribution in [-0.4, -0.2) is 9.98 Å². The lowest BCUT2D eigenvalue weighted by Gasteiger charge is -2.09. The standard InChI is InChI=1S/C4H9Cl2N/c1-3-4(2)7(5)6/h4H,3H2,1-2H3. The van der Waals surface area contributed by atoms with Gasteiger partial charge >= 0.3 is 0 Å². The Kier molecular flexibility index (Phi) is 3.80. The van der Waals surface area contributed by atoms with Gasteiger partial charge in [-0.15, -0.1) is 3.94 Å². The third-order valence-corrected chi connectivity index (χ3v) is 1.59. The fraction of sp³-hybridized carbons (Fsp3) is 1.00. The molecule has 0 rings (SSSR count). The summed E-state index contributed by atoms with van der Waals surface area (Å²) in [7, 11) is 0. The summed E-state index contributed by atoms with van der Waals surface area (Å²) in [5.41, 5.74) is 0. The molecule has 0 aromatic heterocycles. The molecule has 44 valence electrons. The molecule has 0 aliphatic heterocycles. The lowest BCUT2D eigenvalue weighted by Crippen LogP contribution is -2.12. The lowest BCUT2D eigenvalue weighted by atomic mass is 10.3. The monoisotopic (exact) mass is 141 g/mol. The molecular formula is C4H9Cl2N. The maximum absolute atomic E-state index is 5.33. The zero-order valence-electron chi connectivity index (χ0n) is 4.49. The van der Waals surface area contributed by atoms with Crippen LogP contribution in [0.1, 0.15) is 20.3 Å². The first kappa shape index (κ1) is 7.54. The predicted molar refractivity (Wildman–Crippen MR) is 33.3 cm³/mol. The highest BCUT2D eigenvalue weighted by Crippen LogP contribution is 2.08. The molecule has 0 fully saturated rings. The van der Waals surface area contributed by atoms with Crippen LogP contribution in [0, 0.1) is 0 Å². The molecule has 3 heteroatoms. The van der Waals surface area contributed by atoms with Crippen molar-refractivity contribution in [2.24, 2.45) is 0 Å². The van der Waals surface area contributed by atoms with Gasteiger partial charge in [0.2, 0.25) is 0 Å². The Bertz CT molecular complexity index is 47.0. The Hall–Kier alpha value is 0.540. The van der Waals surface area contributed by atoms with Crippen LogP contribution in [0.2, 0.25) is 0 Å². The van der Waals surface area contributed by atoms with Crippen LogP contribution in [-0.2, 0) is 0 Å². The van der Waals surface area contributed by atoms with Crippen molar-refractivity contribution in [3.63, 3.8) is 0 Å². The van der Waals surface area contributed by atoms with Crippen molar-refractivity contribution < 1.29 is 0 Å². The zero-order chi connectivity index (χ0) is 5.86. The maximum Gasteiger partial charge on any atom is 0.0385 e. The van der Waals surface area contributed by atoms with Crippen molar-refractivity contribution in [2.75, 3.05) is 0 Å². The van der Waals surface area contributed by atoms with Crippen LogP contribution in [0.15, 0.2) is 0 Å². The molecule has 1 nitrogen and oxygen atoms in total. The Labute approximate surface area is 54.4 Å². The predicted octanol–water partition coefficient (Wildman–Crippen LogP) is 2.39. The van der Waals surface area contributed by atoms with Crippen molar-refractivity contribution in [3.05, 3.63) is 0 Å². The number of rotatable bonds is 2. The summed E-state index contributed by atoms with van der Waals surface area (Å²) < 4.78 is 1.17. The zero-order valence-corrected chi connectivity index (χ0v) is 6.00. The molecule has 1 unspecified atom stereocenters. The van der Waals surface area contributed by atoms with Crippen molar-refractivity contribution in [1.82, 2.24) is 3.94 Å². The van der Waals surface area contributed by atoms with E-state index in [0.29, 0.717) is 0 Å². The van der Waals surface area contributed by atoms with E-state index in [0.717, 1.165) is 6.42 Å². The summed E-state index contributed by atoms with van der Waals surface area (Å²) in [6.07, 6.45) is 0.979. The number of nitrogens with zero attached hydrogens (tertiary/aromatic N) is 1. The molecule has 0 heterocycles. The van der Waals surface area contributed by atoms with Crippen LogP contribution in [0.3, 0.4) is 0 Å². The van der Waals surface area contributed by atoms with E-state index in [2.05, 4.69) is 0 Å². The van der Waals surface area contributed by atoms with Crippen LogP contribution < -0.4 is 0 Å². The molecular weight excluding hydrogens is 133 g/mol. The van der Waals surface area contributed by atoms with E-state index in [4.69, 9.17) is 23.6 Å². The number of hydrogen-bond acceptors (Lipinski definition) is 1. The van der Waals surface area contributed by atoms with E-state index in [1.54, 1.807) is 0 Å². The van der Waals surface area contributed by atoms with E-state index in [1.807, 2.05) is 13.8 Å². The van der Waals surface area contributed by atoms with E-state index in [1.165, 1.54) is 3.94 Å². The Morgan fingerprint density at radius 1 is 1.57 bits per heavy atom. The molecule has 0 saturated carbocycles. The highest BCUT2D eigenvalue weighted by Gasteiger charge is 2.02. The van der Waals surface area contributed by atoms with Crippen molar-refractivity contribution in [3.8, 4) is 0 Å². The summed E-state index contributed by atoms with van der Waals surface area (Å²) in [4.78, 5) is 0. The first-order valence-corrected chi connectivity index (χ1v) is 2.97. The Morgan fingerprint density at radius 2 is 2.00 bits per heavy atom. The summed E-state index contributed by atoms with van der Waals surface area (Å²) in [5.74, 6) is 0. The topological polar surface area (TPSA) is 3.24 Å². The average Bonchev–Trinajstić information content (AvgIpc) is 1.65. The van der Waals surface area contributed by atoms with Gasteiger partial charge in [-0.25, -0.2) is 0 Å².